The van der Waals surface area contributed by atoms with E-state index in [2.05, 4.69) is 4.98 Å². The number of aromatic nitrogens is 1. The number of pyridine rings is 1. The summed E-state index contributed by atoms with van der Waals surface area (Å²) in [5, 5.41) is 0. The molecule has 1 aromatic carbocycles. The zero-order valence-electron chi connectivity index (χ0n) is 17.0. The van der Waals surface area contributed by atoms with E-state index in [1.54, 1.807) is 29.4 Å². The van der Waals surface area contributed by atoms with E-state index in [-0.39, 0.29) is 17.7 Å². The molecule has 1 aromatic heterocycles. The Hall–Kier alpha value is -2.93. The van der Waals surface area contributed by atoms with Gasteiger partial charge in [-0.1, -0.05) is 12.1 Å². The molecule has 30 heavy (non-hydrogen) atoms. The number of hydrogen-bond acceptors (Lipinski definition) is 5. The third-order valence-corrected chi connectivity index (χ3v) is 5.59. The molecule has 0 spiro atoms. The quantitative estimate of drug-likeness (QED) is 0.758. The van der Waals surface area contributed by atoms with Gasteiger partial charge in [-0.2, -0.15) is 0 Å². The molecule has 0 aliphatic carbocycles. The molecule has 2 amide bonds. The number of carbonyl (C=O) groups is 2. The van der Waals surface area contributed by atoms with Gasteiger partial charge in [0.2, 0.25) is 5.91 Å². The van der Waals surface area contributed by atoms with Crippen molar-refractivity contribution >= 4 is 11.8 Å². The van der Waals surface area contributed by atoms with Crippen LogP contribution in [0.1, 0.15) is 28.8 Å². The molecule has 0 bridgehead atoms. The van der Waals surface area contributed by atoms with Gasteiger partial charge >= 0.3 is 0 Å². The van der Waals surface area contributed by atoms with Gasteiger partial charge in [0.25, 0.3) is 5.91 Å². The number of likely N-dealkylation sites (tertiary alicyclic amines) is 1. The molecule has 0 N–H and O–H groups in total. The summed E-state index contributed by atoms with van der Waals surface area (Å²) in [5.74, 6) is 0.596. The highest BCUT2D eigenvalue weighted by molar-refractivity contribution is 5.95. The Morgan fingerprint density at radius 1 is 1.10 bits per heavy atom. The minimum Gasteiger partial charge on any atom is -0.489 e. The van der Waals surface area contributed by atoms with Crippen molar-refractivity contribution in [2.75, 3.05) is 39.4 Å². The van der Waals surface area contributed by atoms with Crippen molar-refractivity contribution in [2.45, 2.75) is 19.4 Å². The predicted molar refractivity (Wildman–Crippen MR) is 111 cm³/mol. The predicted octanol–water partition coefficient (Wildman–Crippen LogP) is 2.37. The van der Waals surface area contributed by atoms with E-state index in [4.69, 9.17) is 9.47 Å². The first-order valence-electron chi connectivity index (χ1n) is 10.5. The van der Waals surface area contributed by atoms with E-state index in [1.165, 1.54) is 0 Å². The molecule has 2 aliphatic rings. The second kappa shape index (κ2) is 9.71. The van der Waals surface area contributed by atoms with Crippen molar-refractivity contribution in [2.24, 2.45) is 5.92 Å². The summed E-state index contributed by atoms with van der Waals surface area (Å²) in [7, 11) is 0. The number of piperidine rings is 1. The average Bonchev–Trinajstić information content (AvgIpc) is 2.83. The van der Waals surface area contributed by atoms with Crippen molar-refractivity contribution in [1.82, 2.24) is 14.8 Å². The van der Waals surface area contributed by atoms with Gasteiger partial charge in [0.15, 0.2) is 0 Å². The van der Waals surface area contributed by atoms with Gasteiger partial charge in [0.05, 0.1) is 19.1 Å². The second-order valence-corrected chi connectivity index (χ2v) is 7.71. The molecule has 7 nitrogen and oxygen atoms in total. The molecule has 2 saturated heterocycles. The summed E-state index contributed by atoms with van der Waals surface area (Å²) >= 11 is 0. The summed E-state index contributed by atoms with van der Waals surface area (Å²) in [6, 6.07) is 11.0. The largest absolute Gasteiger partial charge is 0.489 e. The Morgan fingerprint density at radius 3 is 2.77 bits per heavy atom. The van der Waals surface area contributed by atoms with Gasteiger partial charge in [-0.3, -0.25) is 14.6 Å². The topological polar surface area (TPSA) is 72.0 Å². The number of ether oxygens (including phenoxy) is 2. The molecular weight excluding hydrogens is 382 g/mol. The van der Waals surface area contributed by atoms with Crippen LogP contribution < -0.4 is 4.74 Å². The van der Waals surface area contributed by atoms with Crippen LogP contribution in [0.2, 0.25) is 0 Å². The van der Waals surface area contributed by atoms with Gasteiger partial charge in [-0.25, -0.2) is 0 Å². The van der Waals surface area contributed by atoms with Crippen LogP contribution in [0.3, 0.4) is 0 Å². The molecule has 2 aromatic rings. The fourth-order valence-corrected chi connectivity index (χ4v) is 3.96. The number of benzene rings is 1. The number of carbonyl (C=O) groups excluding carboxylic acids is 2. The molecule has 0 saturated carbocycles. The van der Waals surface area contributed by atoms with Crippen LogP contribution >= 0.6 is 0 Å². The summed E-state index contributed by atoms with van der Waals surface area (Å²) in [6.07, 6.45) is 5.14. The number of morpholine rings is 1. The van der Waals surface area contributed by atoms with Crippen molar-refractivity contribution in [1.29, 1.82) is 0 Å². The van der Waals surface area contributed by atoms with E-state index < -0.39 is 0 Å². The van der Waals surface area contributed by atoms with Gasteiger partial charge in [0.1, 0.15) is 12.4 Å². The minimum atomic E-state index is -0.134. The number of amides is 2. The Morgan fingerprint density at radius 2 is 1.97 bits per heavy atom. The molecule has 2 aliphatic heterocycles. The van der Waals surface area contributed by atoms with Crippen LogP contribution in [0.15, 0.2) is 48.8 Å². The summed E-state index contributed by atoms with van der Waals surface area (Å²) in [5.41, 5.74) is 1.55. The first kappa shape index (κ1) is 20.3. The molecule has 1 unspecified atom stereocenters. The van der Waals surface area contributed by atoms with Crippen molar-refractivity contribution in [3.8, 4) is 5.75 Å². The maximum absolute atomic E-state index is 13.1. The molecule has 2 fully saturated rings. The van der Waals surface area contributed by atoms with Crippen LogP contribution in [0.5, 0.6) is 5.75 Å². The lowest BCUT2D eigenvalue weighted by molar-refractivity contribution is -0.141. The van der Waals surface area contributed by atoms with E-state index in [1.807, 2.05) is 29.2 Å². The van der Waals surface area contributed by atoms with Crippen molar-refractivity contribution < 1.29 is 19.1 Å². The van der Waals surface area contributed by atoms with Gasteiger partial charge in [0, 0.05) is 49.7 Å². The lowest BCUT2D eigenvalue weighted by Gasteiger charge is -2.36. The Balaban J connectivity index is 1.38. The Bertz CT molecular complexity index is 868. The van der Waals surface area contributed by atoms with Crippen molar-refractivity contribution in [3.63, 3.8) is 0 Å². The zero-order chi connectivity index (χ0) is 20.8. The number of nitrogens with zero attached hydrogens (tertiary/aromatic N) is 3. The molecular formula is C23H27N3O4. The minimum absolute atomic E-state index is 0.0543. The average molecular weight is 409 g/mol. The fraction of sp³-hybridized carbons (Fsp3) is 0.435. The monoisotopic (exact) mass is 409 g/mol. The molecule has 158 valence electrons. The smallest absolute Gasteiger partial charge is 0.254 e. The van der Waals surface area contributed by atoms with Crippen LogP contribution in [0.4, 0.5) is 0 Å². The maximum atomic E-state index is 13.1. The van der Waals surface area contributed by atoms with Crippen LogP contribution in [-0.4, -0.2) is 66.0 Å². The Kier molecular flexibility index (Phi) is 6.59. The molecule has 3 heterocycles. The molecule has 4 rings (SSSR count). The molecule has 1 atom stereocenters. The first-order valence-corrected chi connectivity index (χ1v) is 10.5. The standard InChI is InChI=1S/C23H27N3O4/c27-22(19-5-1-7-21(14-19)30-17-18-4-2-8-24-15-18)26-9-3-6-20(16-26)23(28)25-10-12-29-13-11-25/h1-2,4-5,7-8,14-15,20H,3,6,9-13,16-17H2. The summed E-state index contributed by atoms with van der Waals surface area (Å²) in [4.78, 5) is 33.7. The second-order valence-electron chi connectivity index (χ2n) is 7.71. The maximum Gasteiger partial charge on any atom is 0.254 e. The van der Waals surface area contributed by atoms with E-state index in [9.17, 15) is 9.59 Å². The summed E-state index contributed by atoms with van der Waals surface area (Å²) in [6.45, 7) is 3.99. The highest BCUT2D eigenvalue weighted by atomic mass is 16.5. The number of hydrogen-bond donors (Lipinski definition) is 0. The van der Waals surface area contributed by atoms with Crippen LogP contribution in [-0.2, 0) is 16.1 Å². The van der Waals surface area contributed by atoms with Crippen LogP contribution in [0.25, 0.3) is 0 Å². The van der Waals surface area contributed by atoms with Gasteiger partial charge < -0.3 is 19.3 Å². The highest BCUT2D eigenvalue weighted by Gasteiger charge is 2.32. The Labute approximate surface area is 176 Å². The normalized spacial score (nSPS) is 19.4. The highest BCUT2D eigenvalue weighted by Crippen LogP contribution is 2.23. The number of rotatable bonds is 5. The lowest BCUT2D eigenvalue weighted by Crippen LogP contribution is -2.49. The first-order chi connectivity index (χ1) is 14.7. The molecule has 0 radical (unpaired) electrons. The third kappa shape index (κ3) is 4.97. The molecule has 7 heteroatoms. The van der Waals surface area contributed by atoms with Gasteiger partial charge in [-0.05, 0) is 37.1 Å². The summed E-state index contributed by atoms with van der Waals surface area (Å²) < 4.78 is 11.2. The third-order valence-electron chi connectivity index (χ3n) is 5.59. The SMILES string of the molecule is O=C(c1cccc(OCc2cccnc2)c1)N1CCCC(C(=O)N2CCOCC2)C1. The van der Waals surface area contributed by atoms with E-state index in [0.717, 1.165) is 18.4 Å². The van der Waals surface area contributed by atoms with Crippen molar-refractivity contribution in [3.05, 3.63) is 59.9 Å². The zero-order valence-corrected chi connectivity index (χ0v) is 17.0. The fourth-order valence-electron chi connectivity index (χ4n) is 3.96. The van der Waals surface area contributed by atoms with E-state index >= 15 is 0 Å². The van der Waals surface area contributed by atoms with E-state index in [0.29, 0.717) is 57.3 Å². The van der Waals surface area contributed by atoms with Crippen LogP contribution in [0, 0.1) is 5.92 Å². The lowest BCUT2D eigenvalue weighted by atomic mass is 9.95. The van der Waals surface area contributed by atoms with Gasteiger partial charge in [-0.15, -0.1) is 0 Å².